The Bertz CT molecular complexity index is 659. The summed E-state index contributed by atoms with van der Waals surface area (Å²) >= 11 is 0. The van der Waals surface area contributed by atoms with Crippen molar-refractivity contribution in [3.63, 3.8) is 0 Å². The van der Waals surface area contributed by atoms with Gasteiger partial charge in [0.25, 0.3) is 0 Å². The molecular formula is C15H19N3O3. The summed E-state index contributed by atoms with van der Waals surface area (Å²) in [5.74, 6) is 1.58. The van der Waals surface area contributed by atoms with E-state index < -0.39 is 5.97 Å². The van der Waals surface area contributed by atoms with Crippen molar-refractivity contribution >= 4 is 11.5 Å². The zero-order chi connectivity index (χ0) is 14.8. The molecular weight excluding hydrogens is 270 g/mol. The van der Waals surface area contributed by atoms with E-state index in [2.05, 4.69) is 10.3 Å². The maximum Gasteiger partial charge on any atom is 0.358 e. The lowest BCUT2D eigenvalue weighted by Gasteiger charge is -2.21. The number of pyridine rings is 1. The number of ether oxygens (including phenoxy) is 2. The van der Waals surface area contributed by atoms with Crippen molar-refractivity contribution in [1.29, 1.82) is 0 Å². The summed E-state index contributed by atoms with van der Waals surface area (Å²) in [6.45, 7) is 1.94. The van der Waals surface area contributed by atoms with E-state index in [0.29, 0.717) is 11.6 Å². The number of hydrogen-bond acceptors (Lipinski definition) is 5. The third-order valence-corrected chi connectivity index (χ3v) is 3.96. The topological polar surface area (TPSA) is 64.9 Å². The molecule has 1 N–H and O–H groups in total. The number of imidazole rings is 1. The van der Waals surface area contributed by atoms with Crippen LogP contribution in [0.5, 0.6) is 5.75 Å². The fourth-order valence-electron chi connectivity index (χ4n) is 2.83. The predicted octanol–water partition coefficient (Wildman–Crippen LogP) is 1.60. The normalized spacial score (nSPS) is 16.1. The molecule has 0 spiro atoms. The van der Waals surface area contributed by atoms with Crippen LogP contribution in [0, 0.1) is 0 Å². The molecule has 112 valence electrons. The lowest BCUT2D eigenvalue weighted by Crippen LogP contribution is -2.27. The minimum atomic E-state index is -0.405. The van der Waals surface area contributed by atoms with Gasteiger partial charge in [0.15, 0.2) is 5.69 Å². The monoisotopic (exact) mass is 289 g/mol. The van der Waals surface area contributed by atoms with Gasteiger partial charge in [-0.1, -0.05) is 0 Å². The third-order valence-electron chi connectivity index (χ3n) is 3.96. The van der Waals surface area contributed by atoms with Crippen LogP contribution in [-0.2, 0) is 4.74 Å². The summed E-state index contributed by atoms with van der Waals surface area (Å²) in [6.07, 6.45) is 3.90. The van der Waals surface area contributed by atoms with E-state index in [1.165, 1.54) is 7.11 Å². The standard InChI is InChI=1S/C15H19N3O3/c1-20-11-3-4-12-13(15(19)21-2)17-14(18(12)9-11)10-5-7-16-8-6-10/h3-4,9-10,16H,5-8H2,1-2H3. The van der Waals surface area contributed by atoms with Crippen LogP contribution in [0.15, 0.2) is 18.3 Å². The Kier molecular flexibility index (Phi) is 3.79. The summed E-state index contributed by atoms with van der Waals surface area (Å²) in [6, 6.07) is 3.68. The van der Waals surface area contributed by atoms with Crippen molar-refractivity contribution in [2.45, 2.75) is 18.8 Å². The van der Waals surface area contributed by atoms with E-state index in [9.17, 15) is 4.79 Å². The highest BCUT2D eigenvalue weighted by molar-refractivity contribution is 5.95. The van der Waals surface area contributed by atoms with Crippen molar-refractivity contribution in [3.8, 4) is 5.75 Å². The van der Waals surface area contributed by atoms with E-state index in [1.807, 2.05) is 22.7 Å². The first-order valence-corrected chi connectivity index (χ1v) is 7.09. The van der Waals surface area contributed by atoms with E-state index in [4.69, 9.17) is 9.47 Å². The van der Waals surface area contributed by atoms with Crippen LogP contribution in [0.1, 0.15) is 35.1 Å². The molecule has 0 saturated carbocycles. The molecule has 0 unspecified atom stereocenters. The number of rotatable bonds is 3. The second-order valence-electron chi connectivity index (χ2n) is 5.16. The zero-order valence-corrected chi connectivity index (χ0v) is 12.3. The van der Waals surface area contributed by atoms with Gasteiger partial charge in [-0.25, -0.2) is 9.78 Å². The SMILES string of the molecule is COC(=O)c1nc(C2CCNCC2)n2cc(OC)ccc12. The molecule has 21 heavy (non-hydrogen) atoms. The zero-order valence-electron chi connectivity index (χ0n) is 12.3. The minimum Gasteiger partial charge on any atom is -0.495 e. The molecule has 0 aromatic carbocycles. The number of aromatic nitrogens is 2. The number of piperidine rings is 1. The highest BCUT2D eigenvalue weighted by atomic mass is 16.5. The van der Waals surface area contributed by atoms with Crippen molar-refractivity contribution in [3.05, 3.63) is 29.8 Å². The van der Waals surface area contributed by atoms with Gasteiger partial charge in [-0.05, 0) is 38.1 Å². The van der Waals surface area contributed by atoms with Gasteiger partial charge >= 0.3 is 5.97 Å². The number of carbonyl (C=O) groups is 1. The van der Waals surface area contributed by atoms with Crippen LogP contribution in [-0.4, -0.2) is 42.7 Å². The first-order chi connectivity index (χ1) is 10.2. The number of nitrogens with zero attached hydrogens (tertiary/aromatic N) is 2. The van der Waals surface area contributed by atoms with Crippen LogP contribution < -0.4 is 10.1 Å². The molecule has 0 aliphatic carbocycles. The number of nitrogens with one attached hydrogen (secondary N) is 1. The molecule has 1 aliphatic heterocycles. The fraction of sp³-hybridized carbons (Fsp3) is 0.467. The molecule has 6 nitrogen and oxygen atoms in total. The molecule has 1 fully saturated rings. The van der Waals surface area contributed by atoms with E-state index in [1.54, 1.807) is 7.11 Å². The Balaban J connectivity index is 2.14. The summed E-state index contributed by atoms with van der Waals surface area (Å²) in [5, 5.41) is 3.34. The van der Waals surface area contributed by atoms with Crippen LogP contribution in [0.4, 0.5) is 0 Å². The summed E-state index contributed by atoms with van der Waals surface area (Å²) in [5.41, 5.74) is 1.13. The van der Waals surface area contributed by atoms with Gasteiger partial charge in [-0.2, -0.15) is 0 Å². The lowest BCUT2D eigenvalue weighted by molar-refractivity contribution is 0.0596. The molecule has 0 atom stereocenters. The number of hydrogen-bond donors (Lipinski definition) is 1. The van der Waals surface area contributed by atoms with E-state index in [-0.39, 0.29) is 0 Å². The maximum absolute atomic E-state index is 11.9. The van der Waals surface area contributed by atoms with Gasteiger partial charge < -0.3 is 14.8 Å². The molecule has 0 radical (unpaired) electrons. The van der Waals surface area contributed by atoms with Crippen LogP contribution >= 0.6 is 0 Å². The first kappa shape index (κ1) is 13.9. The highest BCUT2D eigenvalue weighted by Gasteiger charge is 2.25. The smallest absolute Gasteiger partial charge is 0.358 e. The van der Waals surface area contributed by atoms with Crippen molar-refractivity contribution in [2.24, 2.45) is 0 Å². The Morgan fingerprint density at radius 3 is 2.76 bits per heavy atom. The maximum atomic E-state index is 11.9. The Morgan fingerprint density at radius 2 is 2.10 bits per heavy atom. The second kappa shape index (κ2) is 5.73. The van der Waals surface area contributed by atoms with Gasteiger partial charge in [-0.15, -0.1) is 0 Å². The van der Waals surface area contributed by atoms with Gasteiger partial charge in [0, 0.05) is 5.92 Å². The molecule has 3 heterocycles. The summed E-state index contributed by atoms with van der Waals surface area (Å²) in [7, 11) is 3.00. The Hall–Kier alpha value is -2.08. The number of fused-ring (bicyclic) bond motifs is 1. The molecule has 1 saturated heterocycles. The number of esters is 1. The average molecular weight is 289 g/mol. The molecule has 1 aliphatic rings. The van der Waals surface area contributed by atoms with Crippen molar-refractivity contribution < 1.29 is 14.3 Å². The molecule has 2 aromatic heterocycles. The van der Waals surface area contributed by atoms with E-state index >= 15 is 0 Å². The highest BCUT2D eigenvalue weighted by Crippen LogP contribution is 2.28. The molecule has 2 aromatic rings. The van der Waals surface area contributed by atoms with Gasteiger partial charge in [0.2, 0.25) is 0 Å². The molecule has 3 rings (SSSR count). The van der Waals surface area contributed by atoms with Gasteiger partial charge in [-0.3, -0.25) is 4.40 Å². The minimum absolute atomic E-state index is 0.337. The van der Waals surface area contributed by atoms with E-state index in [0.717, 1.165) is 43.0 Å². The predicted molar refractivity (Wildman–Crippen MR) is 77.9 cm³/mol. The summed E-state index contributed by atoms with van der Waals surface area (Å²) < 4.78 is 12.1. The van der Waals surface area contributed by atoms with Crippen LogP contribution in [0.3, 0.4) is 0 Å². The molecule has 0 amide bonds. The van der Waals surface area contributed by atoms with Gasteiger partial charge in [0.05, 0.1) is 25.9 Å². The van der Waals surface area contributed by atoms with Crippen molar-refractivity contribution in [1.82, 2.24) is 14.7 Å². The molecule has 6 heteroatoms. The Morgan fingerprint density at radius 1 is 1.33 bits per heavy atom. The summed E-state index contributed by atoms with van der Waals surface area (Å²) in [4.78, 5) is 16.5. The second-order valence-corrected chi connectivity index (χ2v) is 5.16. The number of carbonyl (C=O) groups excluding carboxylic acids is 1. The number of methoxy groups -OCH3 is 2. The fourth-order valence-corrected chi connectivity index (χ4v) is 2.83. The van der Waals surface area contributed by atoms with Crippen LogP contribution in [0.25, 0.3) is 5.52 Å². The Labute approximate surface area is 123 Å². The van der Waals surface area contributed by atoms with Crippen LogP contribution in [0.2, 0.25) is 0 Å². The van der Waals surface area contributed by atoms with Gasteiger partial charge in [0.1, 0.15) is 11.6 Å². The quantitative estimate of drug-likeness (QED) is 0.869. The van der Waals surface area contributed by atoms with Crippen molar-refractivity contribution in [2.75, 3.05) is 27.3 Å². The first-order valence-electron chi connectivity index (χ1n) is 7.09. The largest absolute Gasteiger partial charge is 0.495 e. The lowest BCUT2D eigenvalue weighted by atomic mass is 9.97. The average Bonchev–Trinajstić information content (AvgIpc) is 2.93. The molecule has 0 bridgehead atoms. The third kappa shape index (κ3) is 2.47.